The lowest BCUT2D eigenvalue weighted by atomic mass is 10.0. The SMILES string of the molecule is CCNC(=O)C(Cc1ccccc1)N(Cc1cccc(Cl)c1)C(=O)CN1C(=O)c2cccc3cccc1c23. The monoisotopic (exact) mass is 525 g/mol. The Labute approximate surface area is 226 Å². The van der Waals surface area contributed by atoms with Crippen LogP contribution in [0.2, 0.25) is 5.02 Å². The normalized spacial score (nSPS) is 13.0. The zero-order valence-corrected chi connectivity index (χ0v) is 21.8. The van der Waals surface area contributed by atoms with Crippen LogP contribution in [-0.4, -0.2) is 41.8 Å². The lowest BCUT2D eigenvalue weighted by Crippen LogP contribution is -2.53. The Balaban J connectivity index is 1.51. The number of halogens is 1. The molecule has 3 amide bonds. The van der Waals surface area contributed by atoms with Gasteiger partial charge in [-0.2, -0.15) is 0 Å². The van der Waals surface area contributed by atoms with Crippen molar-refractivity contribution >= 4 is 45.8 Å². The molecular weight excluding hydrogens is 498 g/mol. The molecule has 0 fully saturated rings. The van der Waals surface area contributed by atoms with Gasteiger partial charge >= 0.3 is 0 Å². The third kappa shape index (κ3) is 5.13. The minimum absolute atomic E-state index is 0.174. The first-order valence-electron chi connectivity index (χ1n) is 12.7. The molecule has 5 rings (SSSR count). The highest BCUT2D eigenvalue weighted by Crippen LogP contribution is 2.37. The van der Waals surface area contributed by atoms with Crippen LogP contribution in [0, 0.1) is 0 Å². The second-order valence-electron chi connectivity index (χ2n) is 9.32. The molecule has 4 aromatic carbocycles. The fourth-order valence-electron chi connectivity index (χ4n) is 5.04. The summed E-state index contributed by atoms with van der Waals surface area (Å²) in [6.07, 6.45) is 0.336. The van der Waals surface area contributed by atoms with Crippen molar-refractivity contribution in [2.24, 2.45) is 0 Å². The van der Waals surface area contributed by atoms with E-state index >= 15 is 0 Å². The van der Waals surface area contributed by atoms with Gasteiger partial charge in [0.15, 0.2) is 0 Å². The molecule has 0 aliphatic carbocycles. The predicted octanol–water partition coefficient (Wildman–Crippen LogP) is 5.23. The zero-order valence-electron chi connectivity index (χ0n) is 21.1. The molecule has 192 valence electrons. The van der Waals surface area contributed by atoms with Crippen molar-refractivity contribution in [3.05, 3.63) is 113 Å². The summed E-state index contributed by atoms with van der Waals surface area (Å²) in [5.74, 6) is -0.786. The first-order chi connectivity index (χ1) is 18.5. The minimum atomic E-state index is -0.778. The number of nitrogens with zero attached hydrogens (tertiary/aromatic N) is 2. The number of hydrogen-bond donors (Lipinski definition) is 1. The highest BCUT2D eigenvalue weighted by molar-refractivity contribution is 6.30. The first kappa shape index (κ1) is 25.5. The van der Waals surface area contributed by atoms with Gasteiger partial charge in [-0.3, -0.25) is 19.3 Å². The second kappa shape index (κ2) is 11.1. The molecule has 1 aliphatic rings. The van der Waals surface area contributed by atoms with Gasteiger partial charge in [0, 0.05) is 35.5 Å². The number of carbonyl (C=O) groups excluding carboxylic acids is 3. The van der Waals surface area contributed by atoms with E-state index in [1.165, 1.54) is 4.90 Å². The molecule has 1 aliphatic heterocycles. The smallest absolute Gasteiger partial charge is 0.259 e. The summed E-state index contributed by atoms with van der Waals surface area (Å²) in [5.41, 5.74) is 3.02. The van der Waals surface area contributed by atoms with Crippen LogP contribution in [0.3, 0.4) is 0 Å². The Bertz CT molecular complexity index is 1500. The van der Waals surface area contributed by atoms with Gasteiger partial charge in [0.1, 0.15) is 12.6 Å². The first-order valence-corrected chi connectivity index (χ1v) is 13.0. The molecule has 38 heavy (non-hydrogen) atoms. The fourth-order valence-corrected chi connectivity index (χ4v) is 5.25. The third-order valence-electron chi connectivity index (χ3n) is 6.81. The van der Waals surface area contributed by atoms with Gasteiger partial charge in [-0.1, -0.05) is 78.3 Å². The zero-order chi connectivity index (χ0) is 26.6. The number of nitrogens with one attached hydrogen (secondary N) is 1. The van der Waals surface area contributed by atoms with Crippen LogP contribution in [0.4, 0.5) is 5.69 Å². The third-order valence-corrected chi connectivity index (χ3v) is 7.04. The molecule has 4 aromatic rings. The summed E-state index contributed by atoms with van der Waals surface area (Å²) in [4.78, 5) is 43.9. The number of hydrogen-bond acceptors (Lipinski definition) is 3. The predicted molar refractivity (Wildman–Crippen MR) is 150 cm³/mol. The molecule has 7 heteroatoms. The lowest BCUT2D eigenvalue weighted by Gasteiger charge is -2.33. The maximum atomic E-state index is 14.1. The van der Waals surface area contributed by atoms with Crippen molar-refractivity contribution in [2.45, 2.75) is 25.9 Å². The Hall–Kier alpha value is -4.16. The van der Waals surface area contributed by atoms with Crippen molar-refractivity contribution in [3.63, 3.8) is 0 Å². The largest absolute Gasteiger partial charge is 0.355 e. The van der Waals surface area contributed by atoms with Gasteiger partial charge in [0.05, 0.1) is 5.69 Å². The average molecular weight is 526 g/mol. The molecule has 1 atom stereocenters. The van der Waals surface area contributed by atoms with Crippen molar-refractivity contribution in [1.29, 1.82) is 0 Å². The number of carbonyl (C=O) groups is 3. The second-order valence-corrected chi connectivity index (χ2v) is 9.76. The van der Waals surface area contributed by atoms with E-state index < -0.39 is 6.04 Å². The van der Waals surface area contributed by atoms with E-state index in [9.17, 15) is 14.4 Å². The van der Waals surface area contributed by atoms with Gasteiger partial charge in [-0.25, -0.2) is 0 Å². The van der Waals surface area contributed by atoms with E-state index in [0.717, 1.165) is 21.9 Å². The molecule has 0 spiro atoms. The van der Waals surface area contributed by atoms with Gasteiger partial charge in [0.2, 0.25) is 11.8 Å². The number of amides is 3. The number of rotatable bonds is 9. The molecular formula is C31H28ClN3O3. The van der Waals surface area contributed by atoms with E-state index in [1.54, 1.807) is 23.1 Å². The van der Waals surface area contributed by atoms with E-state index in [0.29, 0.717) is 29.2 Å². The summed E-state index contributed by atoms with van der Waals surface area (Å²) in [7, 11) is 0. The van der Waals surface area contributed by atoms with Gasteiger partial charge in [-0.05, 0) is 47.7 Å². The van der Waals surface area contributed by atoms with E-state index in [2.05, 4.69) is 5.32 Å². The molecule has 0 aromatic heterocycles. The fraction of sp³-hybridized carbons (Fsp3) is 0.194. The summed E-state index contributed by atoms with van der Waals surface area (Å²) in [5, 5.41) is 5.23. The molecule has 6 nitrogen and oxygen atoms in total. The number of anilines is 1. The van der Waals surface area contributed by atoms with Crippen LogP contribution in [-0.2, 0) is 22.6 Å². The maximum Gasteiger partial charge on any atom is 0.259 e. The van der Waals surface area contributed by atoms with Crippen molar-refractivity contribution < 1.29 is 14.4 Å². The van der Waals surface area contributed by atoms with Crippen LogP contribution in [0.1, 0.15) is 28.4 Å². The standard InChI is InChI=1S/C31H28ClN3O3/c1-2-33-30(37)27(18-21-9-4-3-5-10-21)34(19-22-11-6-14-24(32)17-22)28(36)20-35-26-16-8-13-23-12-7-15-25(29(23)26)31(35)38/h3-17,27H,2,18-20H2,1H3,(H,33,37). The highest BCUT2D eigenvalue weighted by atomic mass is 35.5. The summed E-state index contributed by atoms with van der Waals surface area (Å²) in [6.45, 7) is 2.28. The summed E-state index contributed by atoms with van der Waals surface area (Å²) in [6, 6.07) is 27.4. The molecule has 0 saturated carbocycles. The van der Waals surface area contributed by atoms with E-state index in [-0.39, 0.29) is 30.8 Å². The molecule has 0 bridgehead atoms. The summed E-state index contributed by atoms with van der Waals surface area (Å²) < 4.78 is 0. The van der Waals surface area contributed by atoms with Gasteiger partial charge in [0.25, 0.3) is 5.91 Å². The van der Waals surface area contributed by atoms with Crippen LogP contribution in [0.15, 0.2) is 91.0 Å². The van der Waals surface area contributed by atoms with Crippen molar-refractivity contribution in [3.8, 4) is 0 Å². The molecule has 1 N–H and O–H groups in total. The molecule has 1 unspecified atom stereocenters. The van der Waals surface area contributed by atoms with Crippen LogP contribution in [0.5, 0.6) is 0 Å². The number of likely N-dealkylation sites (N-methyl/N-ethyl adjacent to an activating group) is 1. The molecule has 0 radical (unpaired) electrons. The maximum absolute atomic E-state index is 14.1. The van der Waals surface area contributed by atoms with Crippen LogP contribution < -0.4 is 10.2 Å². The summed E-state index contributed by atoms with van der Waals surface area (Å²) >= 11 is 6.25. The highest BCUT2D eigenvalue weighted by Gasteiger charge is 2.35. The van der Waals surface area contributed by atoms with Crippen molar-refractivity contribution in [2.75, 3.05) is 18.0 Å². The molecule has 1 heterocycles. The number of benzene rings is 4. The Morgan fingerprint density at radius 1 is 0.921 bits per heavy atom. The molecule has 0 saturated heterocycles. The van der Waals surface area contributed by atoms with E-state index in [1.807, 2.05) is 79.7 Å². The average Bonchev–Trinajstić information content (AvgIpc) is 3.19. The quantitative estimate of drug-likeness (QED) is 0.325. The van der Waals surface area contributed by atoms with Crippen LogP contribution in [0.25, 0.3) is 10.8 Å². The Kier molecular flexibility index (Phi) is 7.43. The van der Waals surface area contributed by atoms with Gasteiger partial charge in [-0.15, -0.1) is 0 Å². The minimum Gasteiger partial charge on any atom is -0.355 e. The van der Waals surface area contributed by atoms with Crippen molar-refractivity contribution in [1.82, 2.24) is 10.2 Å². The topological polar surface area (TPSA) is 69.7 Å². The van der Waals surface area contributed by atoms with Gasteiger partial charge < -0.3 is 10.2 Å². The Morgan fingerprint density at radius 3 is 2.37 bits per heavy atom. The Morgan fingerprint density at radius 2 is 1.63 bits per heavy atom. The van der Waals surface area contributed by atoms with Crippen LogP contribution >= 0.6 is 11.6 Å². The lowest BCUT2D eigenvalue weighted by molar-refractivity contribution is -0.140. The van der Waals surface area contributed by atoms with E-state index in [4.69, 9.17) is 11.6 Å².